The highest BCUT2D eigenvalue weighted by atomic mass is 32.2. The van der Waals surface area contributed by atoms with Crippen molar-refractivity contribution in [1.29, 1.82) is 0 Å². The number of amides is 2. The third kappa shape index (κ3) is 2.08. The van der Waals surface area contributed by atoms with Gasteiger partial charge in [0.05, 0.1) is 12.4 Å². The molecule has 0 N–H and O–H groups in total. The summed E-state index contributed by atoms with van der Waals surface area (Å²) in [4.78, 5) is 27.2. The van der Waals surface area contributed by atoms with Gasteiger partial charge in [-0.3, -0.25) is 9.59 Å². The molecular formula is C14H15FN2O2S. The summed E-state index contributed by atoms with van der Waals surface area (Å²) in [5, 5.41) is 0. The van der Waals surface area contributed by atoms with Crippen molar-refractivity contribution in [3.8, 4) is 0 Å². The van der Waals surface area contributed by atoms with Gasteiger partial charge in [-0.25, -0.2) is 4.39 Å². The quantitative estimate of drug-likeness (QED) is 0.858. The fourth-order valence-corrected chi connectivity index (χ4v) is 3.26. The summed E-state index contributed by atoms with van der Waals surface area (Å²) < 4.78 is 14.2. The third-order valence-corrected chi connectivity index (χ3v) is 4.29. The number of carbonyl (C=O) groups excluding carboxylic acids is 2. The van der Waals surface area contributed by atoms with E-state index in [0.717, 1.165) is 6.42 Å². The van der Waals surface area contributed by atoms with Crippen molar-refractivity contribution in [3.63, 3.8) is 0 Å². The Hall–Kier alpha value is -1.56. The van der Waals surface area contributed by atoms with E-state index >= 15 is 0 Å². The number of halogens is 1. The predicted octanol–water partition coefficient (Wildman–Crippen LogP) is 2.23. The average molecular weight is 294 g/mol. The topological polar surface area (TPSA) is 40.6 Å². The average Bonchev–Trinajstić information content (AvgIpc) is 2.97. The van der Waals surface area contributed by atoms with Crippen LogP contribution in [0.2, 0.25) is 0 Å². The van der Waals surface area contributed by atoms with Crippen molar-refractivity contribution in [2.24, 2.45) is 0 Å². The Labute approximate surface area is 120 Å². The van der Waals surface area contributed by atoms with E-state index in [2.05, 4.69) is 0 Å². The number of fused-ring (bicyclic) bond motifs is 1. The maximum Gasteiger partial charge on any atom is 0.255 e. The minimum atomic E-state index is -0.394. The lowest BCUT2D eigenvalue weighted by Crippen LogP contribution is -2.24. The molecule has 2 aliphatic rings. The molecule has 0 bridgehead atoms. The standard InChI is InChI=1S/C14H15FN2O2S/c1-20-8-16-7-11-10(14(16)19)5-9(6-12(11)15)17-4-2-3-13(17)18/h5-6H,2-4,7-8H2,1H3. The molecule has 1 aromatic carbocycles. The lowest BCUT2D eigenvalue weighted by molar-refractivity contribution is -0.117. The van der Waals surface area contributed by atoms with Gasteiger partial charge >= 0.3 is 0 Å². The van der Waals surface area contributed by atoms with Gasteiger partial charge in [-0.05, 0) is 24.8 Å². The Morgan fingerprint density at radius 2 is 2.15 bits per heavy atom. The molecule has 2 heterocycles. The maximum absolute atomic E-state index is 14.2. The van der Waals surface area contributed by atoms with Crippen LogP contribution in [0.3, 0.4) is 0 Å². The summed E-state index contributed by atoms with van der Waals surface area (Å²) in [5.74, 6) is -0.00283. The molecule has 0 unspecified atom stereocenters. The molecule has 4 nitrogen and oxygen atoms in total. The number of hydrogen-bond donors (Lipinski definition) is 0. The number of hydrogen-bond acceptors (Lipinski definition) is 3. The zero-order valence-corrected chi connectivity index (χ0v) is 12.0. The van der Waals surface area contributed by atoms with Crippen molar-refractivity contribution in [2.45, 2.75) is 19.4 Å². The largest absolute Gasteiger partial charge is 0.325 e. The summed E-state index contributed by atoms with van der Waals surface area (Å²) in [6.07, 6.45) is 3.18. The first-order chi connectivity index (χ1) is 9.61. The number of nitrogens with zero attached hydrogens (tertiary/aromatic N) is 2. The lowest BCUT2D eigenvalue weighted by atomic mass is 10.1. The molecule has 1 saturated heterocycles. The number of benzene rings is 1. The second-order valence-electron chi connectivity index (χ2n) is 5.02. The Bertz CT molecular complexity index is 591. The molecule has 1 fully saturated rings. The summed E-state index contributed by atoms with van der Waals surface area (Å²) in [6, 6.07) is 3.03. The molecule has 0 atom stereocenters. The van der Waals surface area contributed by atoms with Crippen LogP contribution in [0.4, 0.5) is 10.1 Å². The molecule has 0 spiro atoms. The first kappa shape index (κ1) is 13.4. The Morgan fingerprint density at radius 1 is 1.35 bits per heavy atom. The van der Waals surface area contributed by atoms with Crippen LogP contribution < -0.4 is 4.90 Å². The fourth-order valence-electron chi connectivity index (χ4n) is 2.74. The van der Waals surface area contributed by atoms with Crippen molar-refractivity contribution >= 4 is 29.3 Å². The van der Waals surface area contributed by atoms with E-state index < -0.39 is 5.82 Å². The van der Waals surface area contributed by atoms with E-state index in [1.165, 1.54) is 17.8 Å². The van der Waals surface area contributed by atoms with E-state index in [-0.39, 0.29) is 11.8 Å². The number of carbonyl (C=O) groups is 2. The van der Waals surface area contributed by atoms with Crippen LogP contribution in [0.5, 0.6) is 0 Å². The monoisotopic (exact) mass is 294 g/mol. The van der Waals surface area contributed by atoms with Crippen LogP contribution in [0.25, 0.3) is 0 Å². The molecule has 106 valence electrons. The SMILES string of the molecule is CSCN1Cc2c(F)cc(N3CCCC3=O)cc2C1=O. The second kappa shape index (κ2) is 5.09. The van der Waals surface area contributed by atoms with Crippen LogP contribution >= 0.6 is 11.8 Å². The van der Waals surface area contributed by atoms with Gasteiger partial charge < -0.3 is 9.80 Å². The number of anilines is 1. The first-order valence-electron chi connectivity index (χ1n) is 6.53. The van der Waals surface area contributed by atoms with E-state index in [9.17, 15) is 14.0 Å². The zero-order valence-electron chi connectivity index (χ0n) is 11.2. The van der Waals surface area contributed by atoms with E-state index in [0.29, 0.717) is 42.2 Å². The zero-order chi connectivity index (χ0) is 14.3. The molecule has 1 aromatic rings. The minimum absolute atomic E-state index is 0.00392. The van der Waals surface area contributed by atoms with Crippen molar-refractivity contribution in [1.82, 2.24) is 4.90 Å². The van der Waals surface area contributed by atoms with E-state index in [1.54, 1.807) is 15.9 Å². The van der Waals surface area contributed by atoms with Crippen LogP contribution in [-0.2, 0) is 11.3 Å². The Morgan fingerprint density at radius 3 is 2.80 bits per heavy atom. The minimum Gasteiger partial charge on any atom is -0.325 e. The summed E-state index contributed by atoms with van der Waals surface area (Å²) in [7, 11) is 0. The maximum atomic E-state index is 14.2. The highest BCUT2D eigenvalue weighted by Gasteiger charge is 2.32. The van der Waals surface area contributed by atoms with Gasteiger partial charge in [0.1, 0.15) is 5.82 Å². The smallest absolute Gasteiger partial charge is 0.255 e. The summed E-state index contributed by atoms with van der Waals surface area (Å²) in [5.41, 5.74) is 1.34. The molecule has 6 heteroatoms. The molecule has 0 radical (unpaired) electrons. The van der Waals surface area contributed by atoms with Gasteiger partial charge in [-0.2, -0.15) is 0 Å². The van der Waals surface area contributed by atoms with Crippen LogP contribution in [-0.4, -0.2) is 35.4 Å². The second-order valence-corrected chi connectivity index (χ2v) is 5.86. The van der Waals surface area contributed by atoms with Gasteiger partial charge in [-0.1, -0.05) is 0 Å². The van der Waals surface area contributed by atoms with Crippen LogP contribution in [0, 0.1) is 5.82 Å². The van der Waals surface area contributed by atoms with Crippen molar-refractivity contribution in [3.05, 3.63) is 29.1 Å². The Balaban J connectivity index is 1.98. The lowest BCUT2D eigenvalue weighted by Gasteiger charge is -2.16. The Kier molecular flexibility index (Phi) is 3.41. The van der Waals surface area contributed by atoms with Crippen LogP contribution in [0.1, 0.15) is 28.8 Å². The third-order valence-electron chi connectivity index (χ3n) is 3.72. The van der Waals surface area contributed by atoms with Crippen molar-refractivity contribution < 1.29 is 14.0 Å². The normalized spacial score (nSPS) is 18.1. The first-order valence-corrected chi connectivity index (χ1v) is 7.92. The van der Waals surface area contributed by atoms with Crippen molar-refractivity contribution in [2.75, 3.05) is 23.6 Å². The highest BCUT2D eigenvalue weighted by Crippen LogP contribution is 2.32. The molecular weight excluding hydrogens is 279 g/mol. The molecule has 3 rings (SSSR count). The molecule has 0 aromatic heterocycles. The highest BCUT2D eigenvalue weighted by molar-refractivity contribution is 7.98. The van der Waals surface area contributed by atoms with Crippen LogP contribution in [0.15, 0.2) is 12.1 Å². The number of thioether (sulfide) groups is 1. The van der Waals surface area contributed by atoms with Gasteiger partial charge in [-0.15, -0.1) is 11.8 Å². The fraction of sp³-hybridized carbons (Fsp3) is 0.429. The van der Waals surface area contributed by atoms with Gasteiger partial charge in [0.2, 0.25) is 5.91 Å². The summed E-state index contributed by atoms with van der Waals surface area (Å²) >= 11 is 1.53. The van der Waals surface area contributed by atoms with Gasteiger partial charge in [0.25, 0.3) is 5.91 Å². The van der Waals surface area contributed by atoms with Gasteiger partial charge in [0.15, 0.2) is 0 Å². The van der Waals surface area contributed by atoms with E-state index in [4.69, 9.17) is 0 Å². The molecule has 0 saturated carbocycles. The summed E-state index contributed by atoms with van der Waals surface area (Å²) in [6.45, 7) is 0.912. The number of rotatable bonds is 3. The molecule has 2 aliphatic heterocycles. The predicted molar refractivity (Wildman–Crippen MR) is 76.2 cm³/mol. The van der Waals surface area contributed by atoms with E-state index in [1.807, 2.05) is 6.26 Å². The van der Waals surface area contributed by atoms with Gasteiger partial charge in [0, 0.05) is 29.8 Å². The molecule has 0 aliphatic carbocycles. The molecule has 2 amide bonds. The molecule has 20 heavy (non-hydrogen) atoms.